The van der Waals surface area contributed by atoms with E-state index in [0.29, 0.717) is 25.0 Å². The van der Waals surface area contributed by atoms with Gasteiger partial charge >= 0.3 is 0 Å². The van der Waals surface area contributed by atoms with Crippen LogP contribution in [-0.2, 0) is 27.7 Å². The first-order chi connectivity index (χ1) is 11.4. The zero-order chi connectivity index (χ0) is 17.3. The minimum absolute atomic E-state index is 0.0946. The summed E-state index contributed by atoms with van der Waals surface area (Å²) in [6.07, 6.45) is 5.90. The Morgan fingerprint density at radius 1 is 1.38 bits per heavy atom. The molecular formula is C17H29N3O3S. The van der Waals surface area contributed by atoms with Gasteiger partial charge in [-0.15, -0.1) is 0 Å². The number of hydrogen-bond donors (Lipinski definition) is 0. The van der Waals surface area contributed by atoms with Crippen LogP contribution in [0.15, 0.2) is 11.4 Å². The number of ether oxygens (including phenoxy) is 1. The molecule has 0 bridgehead atoms. The Labute approximate surface area is 145 Å². The molecule has 136 valence electrons. The van der Waals surface area contributed by atoms with Crippen LogP contribution >= 0.6 is 0 Å². The van der Waals surface area contributed by atoms with Gasteiger partial charge in [0.1, 0.15) is 0 Å². The predicted octanol–water partition coefficient (Wildman–Crippen LogP) is 2.09. The lowest BCUT2D eigenvalue weighted by Crippen LogP contribution is -2.29. The molecule has 0 radical (unpaired) electrons. The highest BCUT2D eigenvalue weighted by Gasteiger charge is 2.33. The van der Waals surface area contributed by atoms with Gasteiger partial charge in [0.2, 0.25) is 15.0 Å². The highest BCUT2D eigenvalue weighted by atomic mass is 32.2. The maximum absolute atomic E-state index is 12.8. The minimum atomic E-state index is -3.33. The molecule has 0 spiro atoms. The molecule has 1 aliphatic heterocycles. The molecule has 3 rings (SSSR count). The van der Waals surface area contributed by atoms with E-state index < -0.39 is 9.84 Å². The van der Waals surface area contributed by atoms with Crippen LogP contribution in [0.2, 0.25) is 0 Å². The van der Waals surface area contributed by atoms with Gasteiger partial charge in [0.25, 0.3) is 0 Å². The quantitative estimate of drug-likeness (QED) is 0.714. The van der Waals surface area contributed by atoms with Crippen LogP contribution < -0.4 is 0 Å². The van der Waals surface area contributed by atoms with Crippen molar-refractivity contribution in [1.82, 2.24) is 14.5 Å². The summed E-state index contributed by atoms with van der Waals surface area (Å²) >= 11 is 0. The fraction of sp³-hybridized carbons (Fsp3) is 0.824. The highest BCUT2D eigenvalue weighted by Crippen LogP contribution is 2.32. The van der Waals surface area contributed by atoms with Crippen molar-refractivity contribution in [2.24, 2.45) is 5.92 Å². The molecule has 1 saturated heterocycles. The normalized spacial score (nSPS) is 22.0. The molecule has 1 aromatic heterocycles. The molecule has 1 saturated carbocycles. The van der Waals surface area contributed by atoms with Crippen LogP contribution in [0.1, 0.15) is 45.2 Å². The van der Waals surface area contributed by atoms with Crippen molar-refractivity contribution in [1.29, 1.82) is 0 Å². The van der Waals surface area contributed by atoms with Gasteiger partial charge in [-0.1, -0.05) is 0 Å². The monoisotopic (exact) mass is 355 g/mol. The van der Waals surface area contributed by atoms with E-state index in [-0.39, 0.29) is 17.0 Å². The summed E-state index contributed by atoms with van der Waals surface area (Å²) in [5.41, 5.74) is 0.955. The van der Waals surface area contributed by atoms with Gasteiger partial charge in [-0.05, 0) is 52.5 Å². The molecule has 6 nitrogen and oxygen atoms in total. The van der Waals surface area contributed by atoms with E-state index in [1.807, 2.05) is 11.6 Å². The van der Waals surface area contributed by atoms with E-state index >= 15 is 0 Å². The number of hydrogen-bond acceptors (Lipinski definition) is 5. The second-order valence-corrected chi connectivity index (χ2v) is 9.44. The maximum Gasteiger partial charge on any atom is 0.227 e. The number of rotatable bonds is 8. The first-order valence-electron chi connectivity index (χ1n) is 8.96. The van der Waals surface area contributed by atoms with Crippen LogP contribution in [0.3, 0.4) is 0 Å². The molecule has 2 heterocycles. The first kappa shape index (κ1) is 17.9. The summed E-state index contributed by atoms with van der Waals surface area (Å²) in [4.78, 5) is 6.51. The molecule has 2 fully saturated rings. The third kappa shape index (κ3) is 4.18. The van der Waals surface area contributed by atoms with Gasteiger partial charge in [-0.3, -0.25) is 4.90 Å². The molecule has 1 aliphatic carbocycles. The number of nitrogens with zero attached hydrogens (tertiary/aromatic N) is 3. The fourth-order valence-corrected chi connectivity index (χ4v) is 4.90. The summed E-state index contributed by atoms with van der Waals surface area (Å²) in [5, 5.41) is 0.233. The summed E-state index contributed by atoms with van der Waals surface area (Å²) < 4.78 is 33.2. The Balaban J connectivity index is 1.87. The number of imidazole rings is 1. The number of sulfone groups is 1. The first-order valence-corrected chi connectivity index (χ1v) is 10.6. The third-order valence-electron chi connectivity index (χ3n) is 5.03. The average molecular weight is 356 g/mol. The molecule has 24 heavy (non-hydrogen) atoms. The van der Waals surface area contributed by atoms with Crippen molar-refractivity contribution in [3.63, 3.8) is 0 Å². The summed E-state index contributed by atoms with van der Waals surface area (Å²) in [5.74, 6) is 0.555. The van der Waals surface area contributed by atoms with Gasteiger partial charge in [-0.25, -0.2) is 13.4 Å². The lowest BCUT2D eigenvalue weighted by Gasteiger charge is -2.23. The van der Waals surface area contributed by atoms with E-state index in [9.17, 15) is 8.42 Å². The second kappa shape index (κ2) is 7.14. The number of aromatic nitrogens is 2. The van der Waals surface area contributed by atoms with Gasteiger partial charge < -0.3 is 9.30 Å². The molecule has 0 aromatic carbocycles. The van der Waals surface area contributed by atoms with Crippen molar-refractivity contribution >= 4 is 9.84 Å². The van der Waals surface area contributed by atoms with Crippen LogP contribution in [-0.4, -0.2) is 54.4 Å². The fourth-order valence-electron chi connectivity index (χ4n) is 3.06. The van der Waals surface area contributed by atoms with Crippen molar-refractivity contribution in [2.75, 3.05) is 19.4 Å². The molecule has 0 N–H and O–H groups in total. The van der Waals surface area contributed by atoms with Gasteiger partial charge in [-0.2, -0.15) is 0 Å². The SMILES string of the molecule is CC(C)N(C)Cc1cnc(S(=O)(=O)CC2CC2)n1CC1CCCO1. The molecule has 7 heteroatoms. The lowest BCUT2D eigenvalue weighted by atomic mass is 10.2. The minimum Gasteiger partial charge on any atom is -0.376 e. The van der Waals surface area contributed by atoms with Crippen LogP contribution in [0.5, 0.6) is 0 Å². The van der Waals surface area contributed by atoms with Gasteiger partial charge in [0.05, 0.1) is 30.3 Å². The van der Waals surface area contributed by atoms with E-state index in [2.05, 4.69) is 23.7 Å². The van der Waals surface area contributed by atoms with Gasteiger partial charge in [0, 0.05) is 19.2 Å². The highest BCUT2D eigenvalue weighted by molar-refractivity contribution is 7.91. The van der Waals surface area contributed by atoms with Crippen molar-refractivity contribution in [3.05, 3.63) is 11.9 Å². The lowest BCUT2D eigenvalue weighted by molar-refractivity contribution is 0.0932. The Morgan fingerprint density at radius 3 is 2.71 bits per heavy atom. The summed E-state index contributed by atoms with van der Waals surface area (Å²) in [6, 6.07) is 0.391. The van der Waals surface area contributed by atoms with Gasteiger partial charge in [0.15, 0.2) is 0 Å². The summed E-state index contributed by atoms with van der Waals surface area (Å²) in [7, 11) is -1.28. The molecule has 1 aromatic rings. The van der Waals surface area contributed by atoms with Crippen molar-refractivity contribution in [3.8, 4) is 0 Å². The Kier molecular flexibility index (Phi) is 5.32. The zero-order valence-electron chi connectivity index (χ0n) is 14.9. The van der Waals surface area contributed by atoms with E-state index in [0.717, 1.165) is 38.0 Å². The van der Waals surface area contributed by atoms with E-state index in [1.54, 1.807) is 6.20 Å². The standard InChI is InChI=1S/C17H29N3O3S/c1-13(2)19(3)10-15-9-18-17(24(21,22)12-14-6-7-14)20(15)11-16-5-4-8-23-16/h9,13-14,16H,4-8,10-12H2,1-3H3. The maximum atomic E-state index is 12.8. The zero-order valence-corrected chi connectivity index (χ0v) is 15.8. The average Bonchev–Trinajstić information content (AvgIpc) is 3.00. The van der Waals surface area contributed by atoms with Crippen molar-refractivity contribution in [2.45, 2.75) is 69.9 Å². The second-order valence-electron chi connectivity index (χ2n) is 7.51. The largest absolute Gasteiger partial charge is 0.376 e. The van der Waals surface area contributed by atoms with E-state index in [1.165, 1.54) is 0 Å². The topological polar surface area (TPSA) is 64.4 Å². The Hall–Kier alpha value is -0.920. The van der Waals surface area contributed by atoms with Crippen molar-refractivity contribution < 1.29 is 13.2 Å². The predicted molar refractivity (Wildman–Crippen MR) is 92.6 cm³/mol. The van der Waals surface area contributed by atoms with Crippen LogP contribution in [0.25, 0.3) is 0 Å². The smallest absolute Gasteiger partial charge is 0.227 e. The molecule has 0 amide bonds. The van der Waals surface area contributed by atoms with Crippen LogP contribution in [0, 0.1) is 5.92 Å². The molecule has 1 atom stereocenters. The van der Waals surface area contributed by atoms with Crippen LogP contribution in [0.4, 0.5) is 0 Å². The molecule has 2 aliphatic rings. The Bertz CT molecular complexity index is 659. The summed E-state index contributed by atoms with van der Waals surface area (Å²) in [6.45, 7) is 6.30. The molecule has 1 unspecified atom stereocenters. The Morgan fingerprint density at radius 2 is 2.12 bits per heavy atom. The molecular weight excluding hydrogens is 326 g/mol. The third-order valence-corrected chi connectivity index (χ3v) is 6.83. The van der Waals surface area contributed by atoms with E-state index in [4.69, 9.17) is 4.74 Å².